The molecule has 3 heterocycles. The third kappa shape index (κ3) is 4.28. The number of aromatic amines is 1. The number of anilines is 1. The third-order valence-corrected chi connectivity index (χ3v) is 7.71. The van der Waals surface area contributed by atoms with Crippen LogP contribution >= 0.6 is 11.3 Å². The number of hydrogen-bond acceptors (Lipinski definition) is 5. The molecule has 32 heavy (non-hydrogen) atoms. The van der Waals surface area contributed by atoms with Crippen LogP contribution in [0.3, 0.4) is 0 Å². The number of nitrogens with zero attached hydrogens (tertiary/aromatic N) is 3. The molecule has 8 heteroatoms. The number of hydrogen-bond donors (Lipinski definition) is 1. The lowest BCUT2D eigenvalue weighted by Gasteiger charge is -2.36. The zero-order chi connectivity index (χ0) is 22.1. The van der Waals surface area contributed by atoms with Gasteiger partial charge in [0.1, 0.15) is 16.5 Å². The molecule has 1 N–H and O–H groups in total. The number of H-pyrrole nitrogens is 1. The molecule has 0 bridgehead atoms. The number of nitrogens with one attached hydrogen (secondary N) is 1. The molecule has 5 rings (SSSR count). The number of carbonyl (C=O) groups excluding carboxylic acids is 1. The lowest BCUT2D eigenvalue weighted by atomic mass is 10.1. The molecule has 1 aliphatic carbocycles. The summed E-state index contributed by atoms with van der Waals surface area (Å²) in [6.07, 6.45) is 6.28. The topological polar surface area (TPSA) is 69.3 Å². The Hall–Kier alpha value is -2.74. The van der Waals surface area contributed by atoms with E-state index in [4.69, 9.17) is 4.98 Å². The summed E-state index contributed by atoms with van der Waals surface area (Å²) in [4.78, 5) is 39.3. The first kappa shape index (κ1) is 21.1. The van der Waals surface area contributed by atoms with Crippen molar-refractivity contribution >= 4 is 33.1 Å². The monoisotopic (exact) mass is 454 g/mol. The van der Waals surface area contributed by atoms with Crippen LogP contribution in [0.25, 0.3) is 10.2 Å². The van der Waals surface area contributed by atoms with E-state index in [1.807, 2.05) is 4.90 Å². The van der Waals surface area contributed by atoms with Gasteiger partial charge in [0.25, 0.3) is 5.56 Å². The minimum atomic E-state index is -0.245. The van der Waals surface area contributed by atoms with Crippen LogP contribution in [0.1, 0.15) is 41.9 Å². The predicted octanol–water partition coefficient (Wildman–Crippen LogP) is 3.67. The van der Waals surface area contributed by atoms with Gasteiger partial charge in [0.05, 0.1) is 5.39 Å². The van der Waals surface area contributed by atoms with Gasteiger partial charge in [-0.2, -0.15) is 0 Å². The molecule has 1 fully saturated rings. The van der Waals surface area contributed by atoms with Gasteiger partial charge in [0.2, 0.25) is 5.91 Å². The summed E-state index contributed by atoms with van der Waals surface area (Å²) in [5.41, 5.74) is 2.10. The van der Waals surface area contributed by atoms with Gasteiger partial charge >= 0.3 is 0 Å². The SMILES string of the molecule is O=C(CCc1nc2sc3c(c2c(=O)[nH]1)CCCCC3)N1CCN(c2ccc(F)cc2)CC1. The molecule has 1 amide bonds. The van der Waals surface area contributed by atoms with Crippen LogP contribution in [-0.2, 0) is 24.1 Å². The van der Waals surface area contributed by atoms with Crippen molar-refractivity contribution in [2.45, 2.75) is 44.9 Å². The van der Waals surface area contributed by atoms with E-state index in [1.165, 1.54) is 35.4 Å². The second-order valence-corrected chi connectivity index (χ2v) is 9.69. The van der Waals surface area contributed by atoms with Gasteiger partial charge in [-0.3, -0.25) is 9.59 Å². The van der Waals surface area contributed by atoms with Crippen molar-refractivity contribution in [3.05, 3.63) is 56.7 Å². The Bertz CT molecular complexity index is 1180. The first-order chi connectivity index (χ1) is 15.6. The van der Waals surface area contributed by atoms with Crippen molar-refractivity contribution < 1.29 is 9.18 Å². The van der Waals surface area contributed by atoms with Crippen LogP contribution in [0.5, 0.6) is 0 Å². The van der Waals surface area contributed by atoms with Crippen LogP contribution in [0.15, 0.2) is 29.1 Å². The van der Waals surface area contributed by atoms with Crippen molar-refractivity contribution in [2.24, 2.45) is 0 Å². The Morgan fingerprint density at radius 2 is 1.81 bits per heavy atom. The van der Waals surface area contributed by atoms with E-state index in [0.29, 0.717) is 31.8 Å². The van der Waals surface area contributed by atoms with E-state index in [0.717, 1.165) is 48.3 Å². The normalized spacial score (nSPS) is 16.8. The zero-order valence-electron chi connectivity index (χ0n) is 18.0. The molecule has 0 saturated carbocycles. The summed E-state index contributed by atoms with van der Waals surface area (Å²) in [5.74, 6) is 0.427. The molecule has 168 valence electrons. The number of fused-ring (bicyclic) bond motifs is 3. The molecule has 0 radical (unpaired) electrons. The number of halogens is 1. The van der Waals surface area contributed by atoms with Crippen LogP contribution in [0.4, 0.5) is 10.1 Å². The zero-order valence-corrected chi connectivity index (χ0v) is 18.8. The van der Waals surface area contributed by atoms with Gasteiger partial charge in [0, 0.05) is 49.6 Å². The summed E-state index contributed by atoms with van der Waals surface area (Å²) in [6, 6.07) is 6.47. The van der Waals surface area contributed by atoms with E-state index in [1.54, 1.807) is 23.5 Å². The number of benzene rings is 1. The van der Waals surface area contributed by atoms with Gasteiger partial charge in [-0.05, 0) is 55.5 Å². The van der Waals surface area contributed by atoms with Crippen molar-refractivity contribution in [3.63, 3.8) is 0 Å². The van der Waals surface area contributed by atoms with Crippen LogP contribution in [0, 0.1) is 5.82 Å². The summed E-state index contributed by atoms with van der Waals surface area (Å²) >= 11 is 1.65. The number of thiophene rings is 1. The highest BCUT2D eigenvalue weighted by atomic mass is 32.1. The van der Waals surface area contributed by atoms with E-state index in [2.05, 4.69) is 9.88 Å². The molecular weight excluding hydrogens is 427 g/mol. The molecule has 6 nitrogen and oxygen atoms in total. The van der Waals surface area contributed by atoms with Crippen molar-refractivity contribution in [3.8, 4) is 0 Å². The maximum absolute atomic E-state index is 13.1. The number of amides is 1. The fraction of sp³-hybridized carbons (Fsp3) is 0.458. The summed E-state index contributed by atoms with van der Waals surface area (Å²) in [6.45, 7) is 2.71. The quantitative estimate of drug-likeness (QED) is 0.611. The van der Waals surface area contributed by atoms with Gasteiger partial charge in [-0.15, -0.1) is 11.3 Å². The Morgan fingerprint density at radius 1 is 1.06 bits per heavy atom. The fourth-order valence-corrected chi connectivity index (χ4v) is 6.03. The Balaban J connectivity index is 1.21. The van der Waals surface area contributed by atoms with E-state index >= 15 is 0 Å². The average Bonchev–Trinajstić information content (AvgIpc) is 3.00. The third-order valence-electron chi connectivity index (χ3n) is 6.52. The fourth-order valence-electron chi connectivity index (χ4n) is 4.75. The van der Waals surface area contributed by atoms with Crippen LogP contribution in [0.2, 0.25) is 0 Å². The van der Waals surface area contributed by atoms with Crippen LogP contribution in [-0.4, -0.2) is 47.0 Å². The molecule has 1 saturated heterocycles. The highest BCUT2D eigenvalue weighted by Gasteiger charge is 2.22. The molecular formula is C24H27FN4O2S. The number of carbonyl (C=O) groups is 1. The maximum Gasteiger partial charge on any atom is 0.259 e. The van der Waals surface area contributed by atoms with E-state index in [-0.39, 0.29) is 17.3 Å². The predicted molar refractivity (Wildman–Crippen MR) is 125 cm³/mol. The lowest BCUT2D eigenvalue weighted by Crippen LogP contribution is -2.48. The maximum atomic E-state index is 13.1. The highest BCUT2D eigenvalue weighted by molar-refractivity contribution is 7.18. The van der Waals surface area contributed by atoms with Crippen molar-refractivity contribution in [1.82, 2.24) is 14.9 Å². The Kier molecular flexibility index (Phi) is 5.95. The largest absolute Gasteiger partial charge is 0.368 e. The highest BCUT2D eigenvalue weighted by Crippen LogP contribution is 2.32. The number of aromatic nitrogens is 2. The van der Waals surface area contributed by atoms with Crippen LogP contribution < -0.4 is 10.5 Å². The van der Waals surface area contributed by atoms with Crippen molar-refractivity contribution in [2.75, 3.05) is 31.1 Å². The molecule has 2 aliphatic rings. The Morgan fingerprint density at radius 3 is 2.59 bits per heavy atom. The summed E-state index contributed by atoms with van der Waals surface area (Å²) < 4.78 is 13.1. The molecule has 1 aromatic carbocycles. The second-order valence-electron chi connectivity index (χ2n) is 8.60. The van der Waals surface area contributed by atoms with Gasteiger partial charge in [-0.25, -0.2) is 9.37 Å². The lowest BCUT2D eigenvalue weighted by molar-refractivity contribution is -0.131. The van der Waals surface area contributed by atoms with Gasteiger partial charge < -0.3 is 14.8 Å². The Labute approximate surface area is 190 Å². The van der Waals surface area contributed by atoms with Crippen molar-refractivity contribution in [1.29, 1.82) is 0 Å². The summed E-state index contributed by atoms with van der Waals surface area (Å²) in [5, 5.41) is 0.763. The van der Waals surface area contributed by atoms with Gasteiger partial charge in [0.15, 0.2) is 0 Å². The number of aryl methyl sites for hydroxylation is 3. The standard InChI is InChI=1S/C24H27FN4O2S/c25-16-6-8-17(9-7-16)28-12-14-29(15-13-28)21(30)11-10-20-26-23(31)22-18-4-2-1-3-5-19(18)32-24(22)27-20/h6-9H,1-5,10-15H2,(H,26,27,31). The number of rotatable bonds is 4. The molecule has 1 aliphatic heterocycles. The van der Waals surface area contributed by atoms with Gasteiger partial charge in [-0.1, -0.05) is 6.42 Å². The first-order valence-electron chi connectivity index (χ1n) is 11.4. The average molecular weight is 455 g/mol. The molecule has 0 unspecified atom stereocenters. The smallest absolute Gasteiger partial charge is 0.259 e. The molecule has 0 atom stereocenters. The van der Waals surface area contributed by atoms with E-state index < -0.39 is 0 Å². The first-order valence-corrected chi connectivity index (χ1v) is 12.2. The molecule has 2 aromatic heterocycles. The molecule has 0 spiro atoms. The van der Waals surface area contributed by atoms with E-state index in [9.17, 15) is 14.0 Å². The summed E-state index contributed by atoms with van der Waals surface area (Å²) in [7, 11) is 0. The minimum absolute atomic E-state index is 0.0650. The number of piperazine rings is 1. The molecule has 3 aromatic rings. The minimum Gasteiger partial charge on any atom is -0.368 e. The second kappa shape index (κ2) is 9.02.